The number of hydrogen-bond donors (Lipinski definition) is 3. The maximum atomic E-state index is 9.55. The Hall–Kier alpha value is -1.73. The molecule has 6 heteroatoms. The standard InChI is InChI=1S/C17H18N2O2S2/c20-9-14(7-12-1-3-16(21)4-2-12)18-8-15-11-23-17(19-15)13-5-6-22-10-13/h1-6,10-11,14,18,20-21H,7-9H2/t14-/m0/s1. The summed E-state index contributed by atoms with van der Waals surface area (Å²) in [7, 11) is 0. The molecule has 0 radical (unpaired) electrons. The van der Waals surface area contributed by atoms with Gasteiger partial charge in [-0.05, 0) is 35.6 Å². The summed E-state index contributed by atoms with van der Waals surface area (Å²) in [5, 5.41) is 29.4. The third kappa shape index (κ3) is 4.39. The highest BCUT2D eigenvalue weighted by atomic mass is 32.1. The van der Waals surface area contributed by atoms with E-state index in [0.717, 1.165) is 21.8 Å². The van der Waals surface area contributed by atoms with Crippen molar-refractivity contribution in [1.29, 1.82) is 0 Å². The Morgan fingerprint density at radius 1 is 1.13 bits per heavy atom. The van der Waals surface area contributed by atoms with Crippen molar-refractivity contribution in [2.75, 3.05) is 6.61 Å². The van der Waals surface area contributed by atoms with Crippen molar-refractivity contribution in [3.05, 3.63) is 57.7 Å². The molecule has 0 saturated carbocycles. The molecule has 0 bridgehead atoms. The van der Waals surface area contributed by atoms with Crippen LogP contribution in [0, 0.1) is 0 Å². The van der Waals surface area contributed by atoms with Gasteiger partial charge in [0.1, 0.15) is 10.8 Å². The van der Waals surface area contributed by atoms with Crippen LogP contribution in [0.4, 0.5) is 0 Å². The van der Waals surface area contributed by atoms with Crippen molar-refractivity contribution in [3.63, 3.8) is 0 Å². The summed E-state index contributed by atoms with van der Waals surface area (Å²) in [6, 6.07) is 9.11. The molecule has 1 aromatic carbocycles. The van der Waals surface area contributed by atoms with Crippen LogP contribution in [0.25, 0.3) is 10.6 Å². The van der Waals surface area contributed by atoms with E-state index in [1.165, 1.54) is 0 Å². The second-order valence-electron chi connectivity index (χ2n) is 5.29. The summed E-state index contributed by atoms with van der Waals surface area (Å²) in [5.41, 5.74) is 3.22. The largest absolute Gasteiger partial charge is 0.508 e. The second kappa shape index (κ2) is 7.70. The molecule has 0 aliphatic heterocycles. The van der Waals surface area contributed by atoms with Crippen LogP contribution in [0.2, 0.25) is 0 Å². The Morgan fingerprint density at radius 3 is 2.65 bits per heavy atom. The van der Waals surface area contributed by atoms with E-state index in [4.69, 9.17) is 0 Å². The first-order valence-electron chi connectivity index (χ1n) is 7.33. The maximum absolute atomic E-state index is 9.55. The lowest BCUT2D eigenvalue weighted by atomic mass is 10.1. The molecule has 0 amide bonds. The average Bonchev–Trinajstić information content (AvgIpc) is 3.24. The fourth-order valence-electron chi connectivity index (χ4n) is 2.27. The summed E-state index contributed by atoms with van der Waals surface area (Å²) in [6.07, 6.45) is 0.707. The van der Waals surface area contributed by atoms with Gasteiger partial charge in [-0.2, -0.15) is 11.3 Å². The summed E-state index contributed by atoms with van der Waals surface area (Å²) in [4.78, 5) is 4.63. The number of aliphatic hydroxyl groups excluding tert-OH is 1. The van der Waals surface area contributed by atoms with E-state index in [1.807, 2.05) is 17.5 Å². The number of phenolic OH excluding ortho intramolecular Hbond substituents is 1. The predicted octanol–water partition coefficient (Wildman–Crippen LogP) is 3.27. The number of thiophene rings is 1. The van der Waals surface area contributed by atoms with Crippen LogP contribution in [0.15, 0.2) is 46.5 Å². The minimum Gasteiger partial charge on any atom is -0.508 e. The number of nitrogens with one attached hydrogen (secondary N) is 1. The van der Waals surface area contributed by atoms with Crippen molar-refractivity contribution in [1.82, 2.24) is 10.3 Å². The lowest BCUT2D eigenvalue weighted by Gasteiger charge is -2.15. The number of benzene rings is 1. The molecule has 0 saturated heterocycles. The Morgan fingerprint density at radius 2 is 1.96 bits per heavy atom. The van der Waals surface area contributed by atoms with E-state index in [-0.39, 0.29) is 18.4 Å². The van der Waals surface area contributed by atoms with Crippen LogP contribution in [-0.2, 0) is 13.0 Å². The van der Waals surface area contributed by atoms with Gasteiger partial charge in [0.25, 0.3) is 0 Å². The normalized spacial score (nSPS) is 12.4. The third-order valence-corrected chi connectivity index (χ3v) is 5.15. The molecule has 0 aliphatic rings. The van der Waals surface area contributed by atoms with E-state index >= 15 is 0 Å². The highest BCUT2D eigenvalue weighted by Crippen LogP contribution is 2.25. The molecule has 2 heterocycles. The number of aromatic nitrogens is 1. The minimum absolute atomic E-state index is 0.0363. The quantitative estimate of drug-likeness (QED) is 0.614. The molecule has 0 unspecified atom stereocenters. The first kappa shape index (κ1) is 16.1. The Labute approximate surface area is 143 Å². The highest BCUT2D eigenvalue weighted by molar-refractivity contribution is 7.14. The molecule has 0 fully saturated rings. The van der Waals surface area contributed by atoms with Crippen molar-refractivity contribution in [2.45, 2.75) is 19.0 Å². The highest BCUT2D eigenvalue weighted by Gasteiger charge is 2.10. The van der Waals surface area contributed by atoms with Gasteiger partial charge in [-0.3, -0.25) is 0 Å². The number of hydrogen-bond acceptors (Lipinski definition) is 6. The molecule has 0 aliphatic carbocycles. The lowest BCUT2D eigenvalue weighted by molar-refractivity contribution is 0.240. The summed E-state index contributed by atoms with van der Waals surface area (Å²) < 4.78 is 0. The predicted molar refractivity (Wildman–Crippen MR) is 95.0 cm³/mol. The van der Waals surface area contributed by atoms with Gasteiger partial charge < -0.3 is 15.5 Å². The maximum Gasteiger partial charge on any atom is 0.124 e. The zero-order chi connectivity index (χ0) is 16.1. The molecule has 3 rings (SSSR count). The van der Waals surface area contributed by atoms with Crippen LogP contribution in [0.5, 0.6) is 5.75 Å². The molecule has 3 N–H and O–H groups in total. The summed E-state index contributed by atoms with van der Waals surface area (Å²) >= 11 is 3.31. The topological polar surface area (TPSA) is 65.4 Å². The van der Waals surface area contributed by atoms with Crippen molar-refractivity contribution < 1.29 is 10.2 Å². The molecule has 23 heavy (non-hydrogen) atoms. The number of nitrogens with zero attached hydrogens (tertiary/aromatic N) is 1. The van der Waals surface area contributed by atoms with Crippen LogP contribution >= 0.6 is 22.7 Å². The fourth-order valence-corrected chi connectivity index (χ4v) is 3.81. The van der Waals surface area contributed by atoms with E-state index in [1.54, 1.807) is 34.8 Å². The van der Waals surface area contributed by atoms with Crippen LogP contribution in [0.3, 0.4) is 0 Å². The first-order valence-corrected chi connectivity index (χ1v) is 9.16. The molecule has 1 atom stereocenters. The van der Waals surface area contributed by atoms with Gasteiger partial charge in [-0.1, -0.05) is 12.1 Å². The molecule has 0 spiro atoms. The molecule has 120 valence electrons. The smallest absolute Gasteiger partial charge is 0.124 e. The van der Waals surface area contributed by atoms with Crippen molar-refractivity contribution in [3.8, 4) is 16.3 Å². The van der Waals surface area contributed by atoms with Crippen LogP contribution in [0.1, 0.15) is 11.3 Å². The number of aliphatic hydroxyl groups is 1. The Bertz CT molecular complexity index is 723. The molecular weight excluding hydrogens is 328 g/mol. The molecule has 3 aromatic rings. The van der Waals surface area contributed by atoms with Gasteiger partial charge in [-0.15, -0.1) is 11.3 Å². The van der Waals surface area contributed by atoms with Crippen LogP contribution in [-0.4, -0.2) is 27.8 Å². The second-order valence-corrected chi connectivity index (χ2v) is 6.93. The zero-order valence-corrected chi connectivity index (χ0v) is 14.1. The van der Waals surface area contributed by atoms with Gasteiger partial charge in [0.05, 0.1) is 12.3 Å². The number of rotatable bonds is 7. The summed E-state index contributed by atoms with van der Waals surface area (Å²) in [5.74, 6) is 0.255. The number of aromatic hydroxyl groups is 1. The minimum atomic E-state index is -0.0363. The fraction of sp³-hybridized carbons (Fsp3) is 0.235. The van der Waals surface area contributed by atoms with Gasteiger partial charge in [0, 0.05) is 28.9 Å². The SMILES string of the molecule is OC[C@H](Cc1ccc(O)cc1)NCc1csc(-c2ccsc2)n1. The van der Waals surface area contributed by atoms with E-state index in [0.29, 0.717) is 13.0 Å². The van der Waals surface area contributed by atoms with Gasteiger partial charge in [0.15, 0.2) is 0 Å². The lowest BCUT2D eigenvalue weighted by Crippen LogP contribution is -2.34. The Balaban J connectivity index is 1.56. The van der Waals surface area contributed by atoms with Gasteiger partial charge >= 0.3 is 0 Å². The Kier molecular flexibility index (Phi) is 5.40. The van der Waals surface area contributed by atoms with Gasteiger partial charge in [0.2, 0.25) is 0 Å². The monoisotopic (exact) mass is 346 g/mol. The van der Waals surface area contributed by atoms with Crippen molar-refractivity contribution >= 4 is 22.7 Å². The van der Waals surface area contributed by atoms with Crippen LogP contribution < -0.4 is 5.32 Å². The van der Waals surface area contributed by atoms with Crippen molar-refractivity contribution in [2.24, 2.45) is 0 Å². The third-order valence-electron chi connectivity index (χ3n) is 3.53. The first-order chi connectivity index (χ1) is 11.2. The van der Waals surface area contributed by atoms with E-state index < -0.39 is 0 Å². The molecule has 4 nitrogen and oxygen atoms in total. The summed E-state index contributed by atoms with van der Waals surface area (Å²) in [6.45, 7) is 0.687. The zero-order valence-electron chi connectivity index (χ0n) is 12.5. The van der Waals surface area contributed by atoms with E-state index in [2.05, 4.69) is 27.1 Å². The number of phenols is 1. The molecule has 2 aromatic heterocycles. The van der Waals surface area contributed by atoms with Gasteiger partial charge in [-0.25, -0.2) is 4.98 Å². The average molecular weight is 346 g/mol. The molecular formula is C17H18N2O2S2. The number of thiazole rings is 1. The van der Waals surface area contributed by atoms with E-state index in [9.17, 15) is 10.2 Å².